The van der Waals surface area contributed by atoms with Gasteiger partial charge < -0.3 is 10.6 Å². The van der Waals surface area contributed by atoms with E-state index < -0.39 is 10.0 Å². The van der Waals surface area contributed by atoms with Crippen LogP contribution in [0.3, 0.4) is 0 Å². The number of hydrogen-bond donors (Lipinski definition) is 2. The summed E-state index contributed by atoms with van der Waals surface area (Å²) in [6, 6.07) is 0. The summed E-state index contributed by atoms with van der Waals surface area (Å²) in [5, 5.41) is 4.05. The van der Waals surface area contributed by atoms with Crippen LogP contribution in [0.4, 0.5) is 0 Å². The first-order valence-electron chi connectivity index (χ1n) is 7.56. The van der Waals surface area contributed by atoms with Crippen molar-refractivity contribution in [1.29, 1.82) is 0 Å². The Hall–Kier alpha value is -0.960. The molecule has 1 aliphatic rings. The summed E-state index contributed by atoms with van der Waals surface area (Å²) in [6.07, 6.45) is 7.42. The van der Waals surface area contributed by atoms with Crippen LogP contribution in [0.5, 0.6) is 0 Å². The molecule has 7 nitrogen and oxygen atoms in total. The average molecular weight is 315 g/mol. The van der Waals surface area contributed by atoms with Crippen LogP contribution in [0, 0.1) is 0 Å². The first kappa shape index (κ1) is 16.4. The molecule has 21 heavy (non-hydrogen) atoms. The quantitative estimate of drug-likeness (QED) is 0.704. The third-order valence-corrected chi connectivity index (χ3v) is 5.10. The number of hydrogen-bond acceptors (Lipinski definition) is 5. The zero-order valence-electron chi connectivity index (χ0n) is 12.4. The highest BCUT2D eigenvalue weighted by Gasteiger charge is 2.17. The molecule has 2 rings (SSSR count). The number of aryl methyl sites for hydroxylation is 1. The lowest BCUT2D eigenvalue weighted by molar-refractivity contribution is 0.233. The minimum Gasteiger partial charge on any atom is -0.330 e. The highest BCUT2D eigenvalue weighted by atomic mass is 32.2. The molecule has 1 fully saturated rings. The lowest BCUT2D eigenvalue weighted by Crippen LogP contribution is -2.37. The Morgan fingerprint density at radius 1 is 1.24 bits per heavy atom. The number of rotatable bonds is 8. The van der Waals surface area contributed by atoms with Gasteiger partial charge in [-0.3, -0.25) is 4.68 Å². The van der Waals surface area contributed by atoms with Gasteiger partial charge in [-0.05, 0) is 38.9 Å². The molecule has 0 bridgehead atoms. The molecule has 3 N–H and O–H groups in total. The fraction of sp³-hybridized carbons (Fsp3) is 0.769. The van der Waals surface area contributed by atoms with Crippen molar-refractivity contribution in [2.75, 3.05) is 32.7 Å². The molecular weight excluding hydrogens is 290 g/mol. The maximum absolute atomic E-state index is 12.2. The van der Waals surface area contributed by atoms with E-state index in [-0.39, 0.29) is 4.90 Å². The summed E-state index contributed by atoms with van der Waals surface area (Å²) >= 11 is 0. The molecule has 2 heterocycles. The first-order chi connectivity index (χ1) is 10.1. The molecule has 1 aromatic rings. The van der Waals surface area contributed by atoms with Gasteiger partial charge >= 0.3 is 0 Å². The normalized spacial score (nSPS) is 17.2. The molecule has 0 saturated carbocycles. The van der Waals surface area contributed by atoms with Gasteiger partial charge in [-0.1, -0.05) is 6.42 Å². The van der Waals surface area contributed by atoms with Crippen molar-refractivity contribution >= 4 is 10.0 Å². The molecule has 0 aliphatic carbocycles. The van der Waals surface area contributed by atoms with Crippen molar-refractivity contribution in [3.05, 3.63) is 12.4 Å². The Labute approximate surface area is 126 Å². The maximum atomic E-state index is 12.2. The van der Waals surface area contributed by atoms with Crippen LogP contribution in [-0.4, -0.2) is 55.8 Å². The number of sulfonamides is 1. The van der Waals surface area contributed by atoms with Gasteiger partial charge in [-0.15, -0.1) is 0 Å². The Bertz CT molecular complexity index is 522. The van der Waals surface area contributed by atoms with Crippen LogP contribution >= 0.6 is 0 Å². The fourth-order valence-corrected chi connectivity index (χ4v) is 3.44. The molecule has 0 spiro atoms. The van der Waals surface area contributed by atoms with E-state index in [0.29, 0.717) is 19.6 Å². The van der Waals surface area contributed by atoms with E-state index in [1.807, 2.05) is 0 Å². The van der Waals surface area contributed by atoms with Crippen molar-refractivity contribution in [3.63, 3.8) is 0 Å². The largest absolute Gasteiger partial charge is 0.330 e. The summed E-state index contributed by atoms with van der Waals surface area (Å²) in [5.41, 5.74) is 5.43. The topological polar surface area (TPSA) is 93.2 Å². The summed E-state index contributed by atoms with van der Waals surface area (Å²) in [7, 11) is -3.46. The molecule has 0 radical (unpaired) electrons. The molecule has 1 aliphatic heterocycles. The summed E-state index contributed by atoms with van der Waals surface area (Å²) in [6.45, 7) is 4.55. The van der Waals surface area contributed by atoms with E-state index in [9.17, 15) is 8.42 Å². The highest BCUT2D eigenvalue weighted by Crippen LogP contribution is 2.09. The van der Waals surface area contributed by atoms with E-state index in [4.69, 9.17) is 5.73 Å². The van der Waals surface area contributed by atoms with Crippen LogP contribution in [-0.2, 0) is 16.6 Å². The van der Waals surface area contributed by atoms with Gasteiger partial charge in [0, 0.05) is 25.8 Å². The number of nitrogens with one attached hydrogen (secondary N) is 1. The van der Waals surface area contributed by atoms with Gasteiger partial charge in [0.1, 0.15) is 4.90 Å². The minimum absolute atomic E-state index is 0.221. The summed E-state index contributed by atoms with van der Waals surface area (Å²) in [5.74, 6) is 0. The van der Waals surface area contributed by atoms with Gasteiger partial charge in [-0.2, -0.15) is 5.10 Å². The number of piperidine rings is 1. The molecule has 1 aromatic heterocycles. The van der Waals surface area contributed by atoms with Crippen molar-refractivity contribution in [2.24, 2.45) is 5.73 Å². The van der Waals surface area contributed by atoms with Gasteiger partial charge in [-0.25, -0.2) is 13.1 Å². The number of nitrogens with two attached hydrogens (primary N) is 1. The lowest BCUT2D eigenvalue weighted by Gasteiger charge is -2.26. The average Bonchev–Trinajstić information content (AvgIpc) is 2.96. The van der Waals surface area contributed by atoms with Crippen LogP contribution < -0.4 is 10.5 Å². The third-order valence-electron chi connectivity index (χ3n) is 3.68. The second-order valence-corrected chi connectivity index (χ2v) is 7.15. The molecule has 0 aromatic carbocycles. The van der Waals surface area contributed by atoms with Crippen molar-refractivity contribution in [1.82, 2.24) is 19.4 Å². The SMILES string of the molecule is NCCCn1cc(S(=O)(=O)NCCN2CCCCC2)cn1. The van der Waals surface area contributed by atoms with E-state index in [0.717, 1.165) is 26.1 Å². The van der Waals surface area contributed by atoms with Gasteiger partial charge in [0.15, 0.2) is 0 Å². The third kappa shape index (κ3) is 5.06. The van der Waals surface area contributed by atoms with Gasteiger partial charge in [0.05, 0.1) is 6.20 Å². The van der Waals surface area contributed by atoms with E-state index in [1.54, 1.807) is 10.9 Å². The van der Waals surface area contributed by atoms with E-state index >= 15 is 0 Å². The van der Waals surface area contributed by atoms with E-state index in [2.05, 4.69) is 14.7 Å². The maximum Gasteiger partial charge on any atom is 0.243 e. The van der Waals surface area contributed by atoms with Crippen molar-refractivity contribution in [2.45, 2.75) is 37.1 Å². The van der Waals surface area contributed by atoms with Gasteiger partial charge in [0.2, 0.25) is 10.0 Å². The minimum atomic E-state index is -3.46. The Balaban J connectivity index is 1.81. The standard InChI is InChI=1S/C13H25N5O2S/c14-5-4-9-18-12-13(11-15-18)21(19,20)16-6-10-17-7-2-1-3-8-17/h11-12,16H,1-10,14H2. The second kappa shape index (κ2) is 7.88. The second-order valence-electron chi connectivity index (χ2n) is 5.38. The predicted molar refractivity (Wildman–Crippen MR) is 81.4 cm³/mol. The monoisotopic (exact) mass is 315 g/mol. The number of likely N-dealkylation sites (tertiary alicyclic amines) is 1. The van der Waals surface area contributed by atoms with Crippen LogP contribution in [0.25, 0.3) is 0 Å². The molecular formula is C13H25N5O2S. The Morgan fingerprint density at radius 3 is 2.71 bits per heavy atom. The fourth-order valence-electron chi connectivity index (χ4n) is 2.46. The Kier molecular flexibility index (Phi) is 6.16. The van der Waals surface area contributed by atoms with Gasteiger partial charge in [0.25, 0.3) is 0 Å². The Morgan fingerprint density at radius 2 is 2.00 bits per heavy atom. The summed E-state index contributed by atoms with van der Waals surface area (Å²) < 4.78 is 28.6. The zero-order chi connectivity index (χ0) is 15.1. The van der Waals surface area contributed by atoms with Crippen LogP contribution in [0.15, 0.2) is 17.3 Å². The van der Waals surface area contributed by atoms with Crippen LogP contribution in [0.1, 0.15) is 25.7 Å². The van der Waals surface area contributed by atoms with Crippen molar-refractivity contribution in [3.8, 4) is 0 Å². The number of nitrogens with zero attached hydrogens (tertiary/aromatic N) is 3. The predicted octanol–water partition coefficient (Wildman–Crippen LogP) is -0.00390. The van der Waals surface area contributed by atoms with E-state index in [1.165, 1.54) is 25.5 Å². The molecule has 8 heteroatoms. The zero-order valence-corrected chi connectivity index (χ0v) is 13.2. The van der Waals surface area contributed by atoms with Crippen LogP contribution in [0.2, 0.25) is 0 Å². The molecule has 120 valence electrons. The van der Waals surface area contributed by atoms with Crippen molar-refractivity contribution < 1.29 is 8.42 Å². The molecule has 0 unspecified atom stereocenters. The molecule has 0 atom stereocenters. The molecule has 1 saturated heterocycles. The first-order valence-corrected chi connectivity index (χ1v) is 9.05. The lowest BCUT2D eigenvalue weighted by atomic mass is 10.1. The highest BCUT2D eigenvalue weighted by molar-refractivity contribution is 7.89. The summed E-state index contributed by atoms with van der Waals surface area (Å²) in [4.78, 5) is 2.52. The molecule has 0 amide bonds. The number of aromatic nitrogens is 2. The smallest absolute Gasteiger partial charge is 0.243 e.